The highest BCUT2D eigenvalue weighted by molar-refractivity contribution is 5.88. The lowest BCUT2D eigenvalue weighted by atomic mass is 9.99. The summed E-state index contributed by atoms with van der Waals surface area (Å²) >= 11 is 0. The van der Waals surface area contributed by atoms with Gasteiger partial charge in [0.05, 0.1) is 5.56 Å². The number of benzene rings is 2. The van der Waals surface area contributed by atoms with Gasteiger partial charge in [0.25, 0.3) is 5.92 Å². The number of aliphatic hydroxyl groups is 1. The summed E-state index contributed by atoms with van der Waals surface area (Å²) in [4.78, 5) is 0. The average molecular weight is 224 g/mol. The van der Waals surface area contributed by atoms with E-state index in [1.54, 1.807) is 24.3 Å². The molecule has 16 heavy (non-hydrogen) atoms. The Labute approximate surface area is 90.8 Å². The second-order valence-corrected chi connectivity index (χ2v) is 3.54. The van der Waals surface area contributed by atoms with Crippen LogP contribution in [0, 0.1) is 0 Å². The van der Waals surface area contributed by atoms with Crippen LogP contribution in [0.1, 0.15) is 5.56 Å². The molecule has 0 fully saturated rings. The third-order valence-corrected chi connectivity index (χ3v) is 2.47. The van der Waals surface area contributed by atoms with Crippen molar-refractivity contribution in [3.63, 3.8) is 0 Å². The van der Waals surface area contributed by atoms with Crippen molar-refractivity contribution in [2.45, 2.75) is 5.92 Å². The van der Waals surface area contributed by atoms with E-state index >= 15 is 0 Å². The topological polar surface area (TPSA) is 40.5 Å². The zero-order valence-electron chi connectivity index (χ0n) is 8.32. The lowest BCUT2D eigenvalue weighted by Crippen LogP contribution is -2.19. The van der Waals surface area contributed by atoms with Crippen molar-refractivity contribution in [1.29, 1.82) is 0 Å². The zero-order chi connectivity index (χ0) is 11.8. The van der Waals surface area contributed by atoms with E-state index in [0.717, 1.165) is 0 Å². The molecule has 4 heteroatoms. The van der Waals surface area contributed by atoms with E-state index in [9.17, 15) is 13.9 Å². The Morgan fingerprint density at radius 2 is 1.75 bits per heavy atom. The standard InChI is InChI=1S/C12H10F2O2/c13-12(14,7-15)11-9-4-2-1-3-8(9)5-6-10(11)16/h1-6,15-16H,7H2. The summed E-state index contributed by atoms with van der Waals surface area (Å²) in [6.07, 6.45) is 0. The molecular formula is C12H10F2O2. The number of rotatable bonds is 2. The van der Waals surface area contributed by atoms with Crippen LogP contribution in [0.4, 0.5) is 8.78 Å². The molecule has 2 N–H and O–H groups in total. The van der Waals surface area contributed by atoms with Gasteiger partial charge in [0.1, 0.15) is 12.4 Å². The maximum Gasteiger partial charge on any atom is 0.299 e. The summed E-state index contributed by atoms with van der Waals surface area (Å²) in [5.74, 6) is -3.94. The lowest BCUT2D eigenvalue weighted by molar-refractivity contribution is -0.0558. The van der Waals surface area contributed by atoms with E-state index in [0.29, 0.717) is 5.39 Å². The molecule has 0 radical (unpaired) electrons. The Morgan fingerprint density at radius 3 is 2.44 bits per heavy atom. The van der Waals surface area contributed by atoms with Crippen molar-refractivity contribution in [1.82, 2.24) is 0 Å². The molecule has 0 amide bonds. The molecule has 0 aliphatic rings. The van der Waals surface area contributed by atoms with E-state index < -0.39 is 23.8 Å². The number of aliphatic hydroxyl groups excluding tert-OH is 1. The molecular weight excluding hydrogens is 214 g/mol. The number of hydrogen-bond donors (Lipinski definition) is 2. The molecule has 0 saturated carbocycles. The summed E-state index contributed by atoms with van der Waals surface area (Å²) in [6, 6.07) is 9.27. The summed E-state index contributed by atoms with van der Waals surface area (Å²) in [6.45, 7) is -1.32. The SMILES string of the molecule is OCC(F)(F)c1c(O)ccc2ccccc12. The van der Waals surface area contributed by atoms with Crippen LogP contribution in [-0.4, -0.2) is 16.8 Å². The third kappa shape index (κ3) is 1.61. The summed E-state index contributed by atoms with van der Waals surface area (Å²) in [7, 11) is 0. The average Bonchev–Trinajstić information content (AvgIpc) is 2.28. The first-order valence-corrected chi connectivity index (χ1v) is 4.76. The van der Waals surface area contributed by atoms with E-state index in [4.69, 9.17) is 5.11 Å². The van der Waals surface area contributed by atoms with Crippen molar-refractivity contribution in [3.05, 3.63) is 42.0 Å². The van der Waals surface area contributed by atoms with Crippen molar-refractivity contribution in [3.8, 4) is 5.75 Å². The molecule has 0 spiro atoms. The lowest BCUT2D eigenvalue weighted by Gasteiger charge is -2.17. The summed E-state index contributed by atoms with van der Waals surface area (Å²) in [5, 5.41) is 19.0. The van der Waals surface area contributed by atoms with E-state index in [1.807, 2.05) is 0 Å². The van der Waals surface area contributed by atoms with Crippen LogP contribution >= 0.6 is 0 Å². The molecule has 0 aliphatic heterocycles. The number of phenols is 1. The molecule has 2 aromatic rings. The minimum absolute atomic E-state index is 0.251. The van der Waals surface area contributed by atoms with Gasteiger partial charge in [-0.15, -0.1) is 0 Å². The Hall–Kier alpha value is -1.68. The Bertz CT molecular complexity index is 523. The first-order valence-electron chi connectivity index (χ1n) is 4.76. The fourth-order valence-corrected chi connectivity index (χ4v) is 1.72. The summed E-state index contributed by atoms with van der Waals surface area (Å²) in [5.41, 5.74) is -0.520. The Balaban J connectivity index is 2.81. The van der Waals surface area contributed by atoms with Gasteiger partial charge in [-0.05, 0) is 16.8 Å². The third-order valence-electron chi connectivity index (χ3n) is 2.47. The van der Waals surface area contributed by atoms with Gasteiger partial charge in [-0.25, -0.2) is 0 Å². The van der Waals surface area contributed by atoms with Crippen LogP contribution in [0.3, 0.4) is 0 Å². The van der Waals surface area contributed by atoms with Gasteiger partial charge in [0.2, 0.25) is 0 Å². The zero-order valence-corrected chi connectivity index (χ0v) is 8.32. The predicted octanol–water partition coefficient (Wildman–Crippen LogP) is 2.63. The molecule has 0 bridgehead atoms. The van der Waals surface area contributed by atoms with Gasteiger partial charge in [-0.3, -0.25) is 0 Å². The highest BCUT2D eigenvalue weighted by Crippen LogP contribution is 2.39. The van der Waals surface area contributed by atoms with Crippen molar-refractivity contribution >= 4 is 10.8 Å². The minimum atomic E-state index is -3.44. The Kier molecular flexibility index (Phi) is 2.52. The second kappa shape index (κ2) is 3.72. The minimum Gasteiger partial charge on any atom is -0.507 e. The first kappa shape index (κ1) is 10.8. The fourth-order valence-electron chi connectivity index (χ4n) is 1.72. The van der Waals surface area contributed by atoms with Crippen LogP contribution in [-0.2, 0) is 5.92 Å². The molecule has 0 aromatic heterocycles. The molecule has 84 valence electrons. The van der Waals surface area contributed by atoms with Gasteiger partial charge in [-0.1, -0.05) is 30.3 Å². The number of fused-ring (bicyclic) bond motifs is 1. The van der Waals surface area contributed by atoms with Crippen molar-refractivity contribution in [2.24, 2.45) is 0 Å². The Morgan fingerprint density at radius 1 is 1.06 bits per heavy atom. The van der Waals surface area contributed by atoms with Crippen LogP contribution in [0.2, 0.25) is 0 Å². The fraction of sp³-hybridized carbons (Fsp3) is 0.167. The molecule has 0 unspecified atom stereocenters. The summed E-state index contributed by atoms with van der Waals surface area (Å²) < 4.78 is 26.9. The number of phenolic OH excluding ortho intramolecular Hbond substituents is 1. The molecule has 0 atom stereocenters. The van der Waals surface area contributed by atoms with Gasteiger partial charge in [-0.2, -0.15) is 8.78 Å². The van der Waals surface area contributed by atoms with E-state index in [2.05, 4.69) is 0 Å². The van der Waals surface area contributed by atoms with Crippen molar-refractivity contribution in [2.75, 3.05) is 6.61 Å². The molecule has 0 saturated heterocycles. The number of hydrogen-bond acceptors (Lipinski definition) is 2. The van der Waals surface area contributed by atoms with Crippen LogP contribution in [0.25, 0.3) is 10.8 Å². The highest BCUT2D eigenvalue weighted by Gasteiger charge is 2.35. The number of aromatic hydroxyl groups is 1. The normalized spacial score (nSPS) is 11.9. The molecule has 2 rings (SSSR count). The van der Waals surface area contributed by atoms with Gasteiger partial charge >= 0.3 is 0 Å². The van der Waals surface area contributed by atoms with Crippen molar-refractivity contribution < 1.29 is 19.0 Å². The van der Waals surface area contributed by atoms with Gasteiger partial charge in [0, 0.05) is 0 Å². The number of halogens is 2. The molecule has 0 aliphatic carbocycles. The quantitative estimate of drug-likeness (QED) is 0.823. The maximum atomic E-state index is 13.5. The highest BCUT2D eigenvalue weighted by atomic mass is 19.3. The smallest absolute Gasteiger partial charge is 0.299 e. The monoisotopic (exact) mass is 224 g/mol. The largest absolute Gasteiger partial charge is 0.507 e. The predicted molar refractivity (Wildman–Crippen MR) is 56.6 cm³/mol. The molecule has 2 nitrogen and oxygen atoms in total. The first-order chi connectivity index (χ1) is 7.56. The maximum absolute atomic E-state index is 13.5. The van der Waals surface area contributed by atoms with Gasteiger partial charge < -0.3 is 10.2 Å². The van der Waals surface area contributed by atoms with E-state index in [1.165, 1.54) is 12.1 Å². The van der Waals surface area contributed by atoms with Crippen LogP contribution in [0.5, 0.6) is 5.75 Å². The molecule has 2 aromatic carbocycles. The number of alkyl halides is 2. The van der Waals surface area contributed by atoms with E-state index in [-0.39, 0.29) is 5.39 Å². The van der Waals surface area contributed by atoms with Crippen LogP contribution < -0.4 is 0 Å². The second-order valence-electron chi connectivity index (χ2n) is 3.54. The van der Waals surface area contributed by atoms with Crippen LogP contribution in [0.15, 0.2) is 36.4 Å². The van der Waals surface area contributed by atoms with Gasteiger partial charge in [0.15, 0.2) is 0 Å². The molecule has 0 heterocycles.